The number of aliphatic hydroxyl groups is 1. The van der Waals surface area contributed by atoms with Crippen molar-refractivity contribution in [1.29, 1.82) is 0 Å². The van der Waals surface area contributed by atoms with Gasteiger partial charge in [0.05, 0.1) is 19.3 Å². The highest BCUT2D eigenvalue weighted by Gasteiger charge is 2.59. The first kappa shape index (κ1) is 21.0. The minimum atomic E-state index is -0.579. The largest absolute Gasteiger partial charge is 0.467 e. The summed E-state index contributed by atoms with van der Waals surface area (Å²) in [7, 11) is 1.39. The lowest BCUT2D eigenvalue weighted by Crippen LogP contribution is -2.66. The molecule has 6 rings (SSSR count). The highest BCUT2D eigenvalue weighted by atomic mass is 16.5. The summed E-state index contributed by atoms with van der Waals surface area (Å²) in [6.45, 7) is 1.59. The van der Waals surface area contributed by atoms with Crippen molar-refractivity contribution in [3.8, 4) is 0 Å². The number of carbonyl (C=O) groups excluding carboxylic acids is 2. The number of carbonyl (C=O) groups is 2. The summed E-state index contributed by atoms with van der Waals surface area (Å²) >= 11 is 0. The number of rotatable bonds is 6. The number of likely N-dealkylation sites (tertiary alicyclic amines) is 1. The fourth-order valence-corrected chi connectivity index (χ4v) is 7.43. The van der Waals surface area contributed by atoms with E-state index >= 15 is 0 Å². The maximum Gasteiger partial charge on any atom is 0.328 e. The smallest absolute Gasteiger partial charge is 0.328 e. The monoisotopic (exact) mass is 426 g/mol. The van der Waals surface area contributed by atoms with Crippen LogP contribution in [0.3, 0.4) is 0 Å². The Labute approximate surface area is 184 Å². The van der Waals surface area contributed by atoms with Crippen molar-refractivity contribution in [2.45, 2.75) is 75.1 Å². The standard InChI is InChI=1S/C25H34N2O4/c1-31-23(29)21-8-5-9-27(21)22(28)16-26(15-18-6-3-2-4-7-18)24-11-19-10-20(12-24)14-25(30,13-19)17-24/h2-4,6-7,19-21,30H,5,8-17H2,1H3/t19?,20?,21-,24?,25?/m0/s1. The summed E-state index contributed by atoms with van der Waals surface area (Å²) in [4.78, 5) is 29.7. The first-order valence-corrected chi connectivity index (χ1v) is 11.8. The first-order chi connectivity index (χ1) is 14.9. The van der Waals surface area contributed by atoms with Gasteiger partial charge in [-0.2, -0.15) is 0 Å². The van der Waals surface area contributed by atoms with Crippen molar-refractivity contribution in [1.82, 2.24) is 9.80 Å². The van der Waals surface area contributed by atoms with Gasteiger partial charge in [-0.3, -0.25) is 9.69 Å². The van der Waals surface area contributed by atoms with Crippen LogP contribution >= 0.6 is 0 Å². The van der Waals surface area contributed by atoms with Crippen LogP contribution in [0.15, 0.2) is 30.3 Å². The molecule has 1 aromatic rings. The third-order valence-electron chi connectivity index (χ3n) is 8.26. The van der Waals surface area contributed by atoms with Crippen molar-refractivity contribution >= 4 is 11.9 Å². The number of methoxy groups -OCH3 is 1. The Morgan fingerprint density at radius 3 is 2.52 bits per heavy atom. The summed E-state index contributed by atoms with van der Waals surface area (Å²) in [5.41, 5.74) is 0.471. The van der Waals surface area contributed by atoms with Crippen molar-refractivity contribution in [3.05, 3.63) is 35.9 Å². The number of nitrogens with zero attached hydrogens (tertiary/aromatic N) is 2. The molecule has 5 aliphatic rings. The van der Waals surface area contributed by atoms with Crippen LogP contribution in [0, 0.1) is 11.8 Å². The van der Waals surface area contributed by atoms with E-state index in [-0.39, 0.29) is 24.0 Å². The van der Waals surface area contributed by atoms with Crippen molar-refractivity contribution in [2.75, 3.05) is 20.2 Å². The van der Waals surface area contributed by atoms with E-state index in [1.54, 1.807) is 4.90 Å². The second kappa shape index (κ2) is 7.89. The molecule has 1 aromatic carbocycles. The molecule has 0 aromatic heterocycles. The van der Waals surface area contributed by atoms with E-state index in [1.807, 2.05) is 18.2 Å². The number of amides is 1. The zero-order valence-corrected chi connectivity index (χ0v) is 18.5. The van der Waals surface area contributed by atoms with Crippen LogP contribution in [0.1, 0.15) is 56.9 Å². The predicted octanol–water partition coefficient (Wildman–Crippen LogP) is 2.74. The van der Waals surface area contributed by atoms with E-state index < -0.39 is 11.6 Å². The molecule has 4 bridgehead atoms. The van der Waals surface area contributed by atoms with Gasteiger partial charge >= 0.3 is 5.97 Å². The molecule has 1 aliphatic heterocycles. The van der Waals surface area contributed by atoms with Gasteiger partial charge in [-0.05, 0) is 68.8 Å². The SMILES string of the molecule is COC(=O)[C@@H]1CCCN1C(=O)CN(Cc1ccccc1)C12CC3CC(CC(O)(C3)C1)C2. The third-order valence-corrected chi connectivity index (χ3v) is 8.26. The molecule has 6 nitrogen and oxygen atoms in total. The minimum Gasteiger partial charge on any atom is -0.467 e. The highest BCUT2D eigenvalue weighted by molar-refractivity contribution is 5.86. The molecular formula is C25H34N2O4. The fourth-order valence-electron chi connectivity index (χ4n) is 7.43. The summed E-state index contributed by atoms with van der Waals surface area (Å²) < 4.78 is 4.95. The van der Waals surface area contributed by atoms with Crippen LogP contribution in [-0.4, -0.2) is 64.2 Å². The van der Waals surface area contributed by atoms with E-state index in [1.165, 1.54) is 19.1 Å². The van der Waals surface area contributed by atoms with Gasteiger partial charge in [0.25, 0.3) is 0 Å². The predicted molar refractivity (Wildman–Crippen MR) is 116 cm³/mol. The van der Waals surface area contributed by atoms with Crippen LogP contribution in [0.25, 0.3) is 0 Å². The Hall–Kier alpha value is -1.92. The molecule has 1 saturated heterocycles. The van der Waals surface area contributed by atoms with E-state index in [0.29, 0.717) is 31.3 Å². The quantitative estimate of drug-likeness (QED) is 0.709. The number of ether oxygens (including phenoxy) is 1. The summed E-state index contributed by atoms with van der Waals surface area (Å²) in [5.74, 6) is 0.791. The number of esters is 1. The number of benzene rings is 1. The van der Waals surface area contributed by atoms with E-state index in [2.05, 4.69) is 17.0 Å². The van der Waals surface area contributed by atoms with Crippen LogP contribution in [-0.2, 0) is 20.9 Å². The Balaban J connectivity index is 1.41. The van der Waals surface area contributed by atoms with Crippen molar-refractivity contribution < 1.29 is 19.4 Å². The van der Waals surface area contributed by atoms with Gasteiger partial charge in [-0.1, -0.05) is 30.3 Å². The van der Waals surface area contributed by atoms with Crippen LogP contribution < -0.4 is 0 Å². The van der Waals surface area contributed by atoms with Crippen molar-refractivity contribution in [2.24, 2.45) is 11.8 Å². The molecule has 4 saturated carbocycles. The molecule has 1 heterocycles. The maximum atomic E-state index is 13.5. The Morgan fingerprint density at radius 1 is 1.16 bits per heavy atom. The molecule has 3 atom stereocenters. The molecular weight excluding hydrogens is 392 g/mol. The van der Waals surface area contributed by atoms with Crippen LogP contribution in [0.2, 0.25) is 0 Å². The summed E-state index contributed by atoms with van der Waals surface area (Å²) in [6.07, 6.45) is 7.43. The van der Waals surface area contributed by atoms with E-state index in [4.69, 9.17) is 4.74 Å². The Kier molecular flexibility index (Phi) is 5.33. The van der Waals surface area contributed by atoms with Gasteiger partial charge in [-0.15, -0.1) is 0 Å². The Bertz CT molecular complexity index is 827. The van der Waals surface area contributed by atoms with Gasteiger partial charge in [0, 0.05) is 18.6 Å². The molecule has 5 fully saturated rings. The molecule has 0 radical (unpaired) electrons. The summed E-state index contributed by atoms with van der Waals surface area (Å²) in [6, 6.07) is 9.85. The molecule has 0 spiro atoms. The van der Waals surface area contributed by atoms with Gasteiger partial charge < -0.3 is 14.7 Å². The second-order valence-corrected chi connectivity index (χ2v) is 10.5. The fraction of sp³-hybridized carbons (Fsp3) is 0.680. The van der Waals surface area contributed by atoms with Crippen LogP contribution in [0.4, 0.5) is 0 Å². The van der Waals surface area contributed by atoms with Gasteiger partial charge in [0.15, 0.2) is 0 Å². The number of hydrogen-bond donors (Lipinski definition) is 1. The molecule has 1 amide bonds. The zero-order valence-electron chi connectivity index (χ0n) is 18.5. The average molecular weight is 427 g/mol. The molecule has 6 heteroatoms. The topological polar surface area (TPSA) is 70.1 Å². The lowest BCUT2D eigenvalue weighted by molar-refractivity contribution is -0.181. The molecule has 2 unspecified atom stereocenters. The lowest BCUT2D eigenvalue weighted by atomic mass is 9.50. The number of hydrogen-bond acceptors (Lipinski definition) is 5. The van der Waals surface area contributed by atoms with Crippen LogP contribution in [0.5, 0.6) is 0 Å². The lowest BCUT2D eigenvalue weighted by Gasteiger charge is -2.63. The molecule has 4 aliphatic carbocycles. The van der Waals surface area contributed by atoms with Gasteiger partial charge in [-0.25, -0.2) is 4.79 Å². The van der Waals surface area contributed by atoms with E-state index in [9.17, 15) is 14.7 Å². The highest BCUT2D eigenvalue weighted by Crippen LogP contribution is 2.59. The van der Waals surface area contributed by atoms with Crippen molar-refractivity contribution in [3.63, 3.8) is 0 Å². The maximum absolute atomic E-state index is 13.5. The minimum absolute atomic E-state index is 0.00608. The van der Waals surface area contributed by atoms with Gasteiger partial charge in [0.1, 0.15) is 6.04 Å². The molecule has 168 valence electrons. The molecule has 1 N–H and O–H groups in total. The van der Waals surface area contributed by atoms with Gasteiger partial charge in [0.2, 0.25) is 5.91 Å². The Morgan fingerprint density at radius 2 is 1.87 bits per heavy atom. The average Bonchev–Trinajstić information content (AvgIpc) is 3.22. The molecule has 31 heavy (non-hydrogen) atoms. The third kappa shape index (κ3) is 3.89. The zero-order chi connectivity index (χ0) is 21.6. The summed E-state index contributed by atoms with van der Waals surface area (Å²) in [5, 5.41) is 11.3. The van der Waals surface area contributed by atoms with E-state index in [0.717, 1.165) is 38.5 Å². The second-order valence-electron chi connectivity index (χ2n) is 10.5. The normalized spacial score (nSPS) is 36.2. The first-order valence-electron chi connectivity index (χ1n) is 11.8.